The molecule has 0 saturated carbocycles. The number of fused-ring (bicyclic) bond motifs is 2. The lowest BCUT2D eigenvalue weighted by Gasteiger charge is -2.38. The van der Waals surface area contributed by atoms with E-state index in [4.69, 9.17) is 0 Å². The Balaban J connectivity index is 0.772. The molecule has 6 aromatic rings. The van der Waals surface area contributed by atoms with Crippen LogP contribution in [0.3, 0.4) is 0 Å². The van der Waals surface area contributed by atoms with Crippen molar-refractivity contribution in [2.75, 3.05) is 20.1 Å². The van der Waals surface area contributed by atoms with Crippen molar-refractivity contribution < 1.29 is 38.4 Å². The van der Waals surface area contributed by atoms with Crippen LogP contribution in [0.2, 0.25) is 0 Å². The highest BCUT2D eigenvalue weighted by Gasteiger charge is 2.53. The number of likely N-dealkylation sites (N-methyl/N-ethyl adjacent to an activating group) is 1. The summed E-state index contributed by atoms with van der Waals surface area (Å²) in [5.74, 6) is -2.84. The van der Waals surface area contributed by atoms with Gasteiger partial charge in [0.1, 0.15) is 29.7 Å². The second kappa shape index (κ2) is 37.4. The van der Waals surface area contributed by atoms with E-state index >= 15 is 28.8 Å². The fourth-order valence-corrected chi connectivity index (χ4v) is 16.6. The number of aryl methyl sites for hydroxylation is 1. The predicted molar refractivity (Wildman–Crippen MR) is 400 cm³/mol. The lowest BCUT2D eigenvalue weighted by Crippen LogP contribution is -2.62. The van der Waals surface area contributed by atoms with Gasteiger partial charge >= 0.3 is 0 Å². The third-order valence-electron chi connectivity index (χ3n) is 22.4. The third-order valence-corrected chi connectivity index (χ3v) is 22.4. The van der Waals surface area contributed by atoms with Crippen molar-refractivity contribution in [3.05, 3.63) is 215 Å². The minimum absolute atomic E-state index is 0.102. The maximum absolute atomic E-state index is 15.4. The van der Waals surface area contributed by atoms with Gasteiger partial charge in [-0.25, -0.2) is 0 Å². The number of unbranched alkanes of at least 4 members (excludes halogenated alkanes) is 6. The fourth-order valence-electron chi connectivity index (χ4n) is 16.6. The molecule has 9 atom stereocenters. The molecule has 0 aliphatic carbocycles. The van der Waals surface area contributed by atoms with Crippen LogP contribution in [0.15, 0.2) is 182 Å². The minimum Gasteiger partial charge on any atom is -0.353 e. The smallest absolute Gasteiger partial charge is 0.255 e. The Labute approximate surface area is 604 Å². The van der Waals surface area contributed by atoms with Crippen molar-refractivity contribution in [3.63, 3.8) is 0 Å². The van der Waals surface area contributed by atoms with Gasteiger partial charge < -0.3 is 47.0 Å². The van der Waals surface area contributed by atoms with Crippen LogP contribution in [-0.4, -0.2) is 119 Å². The Kier molecular flexibility index (Phi) is 27.8. The SMILES string of the molecule is CCC(CC)C(=O)N[C@@H]1C(=O)N2[C@@H](CC[C@@H]1CCCc1ccccc1)CC[C@H]2C(=O)NC(C(=O)NCCCCCCCCCC(=O)C(NC(=O)[C@@H]1CC[C@@H]2CC[C@H](CNCc3ccccc3)[C@H](NC(=O)[C@H](CC)NC)C(=O)N21)(c1ccccc1)c1ccccc1)(c1ccccc1)c1ccccc1. The lowest BCUT2D eigenvalue weighted by molar-refractivity contribution is -0.145. The first-order valence-corrected chi connectivity index (χ1v) is 38.1. The molecule has 4 aliphatic rings. The summed E-state index contributed by atoms with van der Waals surface area (Å²) in [4.78, 5) is 123. The van der Waals surface area contributed by atoms with Gasteiger partial charge in [-0.15, -0.1) is 0 Å². The van der Waals surface area contributed by atoms with Gasteiger partial charge in [0.15, 0.2) is 11.3 Å². The van der Waals surface area contributed by atoms with Crippen LogP contribution in [0.25, 0.3) is 0 Å². The van der Waals surface area contributed by atoms with Crippen LogP contribution in [-0.2, 0) is 62.4 Å². The zero-order valence-electron chi connectivity index (χ0n) is 60.4. The molecule has 4 fully saturated rings. The molecule has 0 unspecified atom stereocenters. The number of amides is 7. The highest BCUT2D eigenvalue weighted by molar-refractivity contribution is 6.01. The average molecular weight is 1380 g/mol. The van der Waals surface area contributed by atoms with Crippen LogP contribution >= 0.6 is 0 Å². The first-order chi connectivity index (χ1) is 49.7. The molecule has 4 aliphatic heterocycles. The van der Waals surface area contributed by atoms with Crippen LogP contribution in [0.5, 0.6) is 0 Å². The normalized spacial score (nSPS) is 20.9. The molecule has 542 valence electrons. The van der Waals surface area contributed by atoms with Gasteiger partial charge in [0, 0.05) is 50.0 Å². The van der Waals surface area contributed by atoms with Crippen molar-refractivity contribution in [2.24, 2.45) is 17.8 Å². The second-order valence-corrected chi connectivity index (χ2v) is 28.7. The molecule has 0 radical (unpaired) electrons. The number of benzene rings is 6. The number of rotatable bonds is 36. The summed E-state index contributed by atoms with van der Waals surface area (Å²) in [6.07, 6.45) is 14.9. The van der Waals surface area contributed by atoms with Crippen LogP contribution in [0.4, 0.5) is 0 Å². The molecule has 17 heteroatoms. The highest BCUT2D eigenvalue weighted by Crippen LogP contribution is 2.40. The molecule has 0 aromatic heterocycles. The summed E-state index contributed by atoms with van der Waals surface area (Å²) in [5, 5.41) is 22.9. The number of nitrogens with zero attached hydrogens (tertiary/aromatic N) is 2. The molecule has 4 heterocycles. The molecule has 17 nitrogen and oxygen atoms in total. The molecule has 6 aromatic carbocycles. The summed E-state index contributed by atoms with van der Waals surface area (Å²) < 4.78 is 0. The standard InChI is InChI=1S/C85H109N9O8/c1-5-62(6-2)77(96)89-75-63(39-33-38-60-34-19-13-20-35-60)49-51-69-53-56-73(93(69)81(75)100)80(99)92-85(67-44-27-17-28-45-67,68-46-29-18-30-47-68)83(102)88-57-32-12-10-8-9-11-31-48-74(95)84(65-40-23-15-24-41-65,66-42-25-16-26-43-66)91-79(98)72-55-54-70-52-50-64(59-87-58-61-36-21-14-22-37-61)76(82(101)94(70)72)90-78(97)71(7-3)86-4/h13-30,34-37,40-47,62-64,69-73,75-76,86-87H,5-12,31-33,38-39,48-59H2,1-4H3,(H,88,102)(H,89,96)(H,90,97)(H,91,98)(H,92,99)/t63-,64+,69-,70-,71-,72-,73-,75-,76-/m0/s1. The Morgan fingerprint density at radius 3 is 1.37 bits per heavy atom. The second-order valence-electron chi connectivity index (χ2n) is 28.7. The summed E-state index contributed by atoms with van der Waals surface area (Å²) >= 11 is 0. The molecular formula is C85H109N9O8. The van der Waals surface area contributed by atoms with E-state index < -0.39 is 53.1 Å². The fraction of sp³-hybridized carbons (Fsp3) is 0.482. The maximum Gasteiger partial charge on any atom is 0.255 e. The van der Waals surface area contributed by atoms with Crippen LogP contribution in [0.1, 0.15) is 189 Å². The van der Waals surface area contributed by atoms with E-state index in [-0.39, 0.29) is 71.6 Å². The van der Waals surface area contributed by atoms with E-state index in [9.17, 15) is 9.59 Å². The first kappa shape index (κ1) is 75.9. The Bertz CT molecular complexity index is 3350. The van der Waals surface area contributed by atoms with Gasteiger partial charge in [-0.1, -0.05) is 235 Å². The monoisotopic (exact) mass is 1380 g/mol. The van der Waals surface area contributed by atoms with Crippen molar-refractivity contribution >= 4 is 47.1 Å². The Morgan fingerprint density at radius 1 is 0.461 bits per heavy atom. The molecular weight excluding hydrogens is 1270 g/mol. The van der Waals surface area contributed by atoms with Gasteiger partial charge in [0.2, 0.25) is 35.4 Å². The minimum atomic E-state index is -1.65. The largest absolute Gasteiger partial charge is 0.353 e. The lowest BCUT2D eigenvalue weighted by atomic mass is 9.77. The van der Waals surface area contributed by atoms with Crippen molar-refractivity contribution in [1.82, 2.24) is 47.0 Å². The quantitative estimate of drug-likeness (QED) is 0.0184. The van der Waals surface area contributed by atoms with Gasteiger partial charge in [-0.2, -0.15) is 0 Å². The van der Waals surface area contributed by atoms with Crippen LogP contribution in [0, 0.1) is 17.8 Å². The van der Waals surface area contributed by atoms with E-state index in [1.165, 1.54) is 5.56 Å². The number of hydrogen-bond acceptors (Lipinski definition) is 10. The summed E-state index contributed by atoms with van der Waals surface area (Å²) in [6.45, 7) is 7.36. The number of carbonyl (C=O) groups excluding carboxylic acids is 8. The zero-order chi connectivity index (χ0) is 71.9. The van der Waals surface area contributed by atoms with E-state index in [0.717, 1.165) is 63.4 Å². The van der Waals surface area contributed by atoms with E-state index in [1.807, 2.05) is 178 Å². The third kappa shape index (κ3) is 18.1. The molecule has 0 spiro atoms. The zero-order valence-corrected chi connectivity index (χ0v) is 60.4. The van der Waals surface area contributed by atoms with Gasteiger partial charge in [0.05, 0.1) is 6.04 Å². The molecule has 102 heavy (non-hydrogen) atoms. The van der Waals surface area contributed by atoms with Crippen molar-refractivity contribution in [1.29, 1.82) is 0 Å². The molecule has 7 amide bonds. The van der Waals surface area contributed by atoms with E-state index in [0.29, 0.717) is 119 Å². The van der Waals surface area contributed by atoms with Gasteiger partial charge in [-0.05, 0) is 149 Å². The highest BCUT2D eigenvalue weighted by atomic mass is 16.2. The van der Waals surface area contributed by atoms with E-state index in [1.54, 1.807) is 16.8 Å². The van der Waals surface area contributed by atoms with Gasteiger partial charge in [0.25, 0.3) is 5.91 Å². The topological polar surface area (TPSA) is 227 Å². The number of ketones is 1. The van der Waals surface area contributed by atoms with E-state index in [2.05, 4.69) is 61.5 Å². The number of hydrogen-bond donors (Lipinski definition) is 7. The molecule has 0 bridgehead atoms. The van der Waals surface area contributed by atoms with Gasteiger partial charge in [-0.3, -0.25) is 38.4 Å². The first-order valence-electron chi connectivity index (χ1n) is 38.1. The summed E-state index contributed by atoms with van der Waals surface area (Å²) in [5.41, 5.74) is 1.54. The summed E-state index contributed by atoms with van der Waals surface area (Å²) in [7, 11) is 1.74. The molecule has 10 rings (SSSR count). The number of carbonyl (C=O) groups is 8. The Morgan fingerprint density at radius 2 is 0.882 bits per heavy atom. The van der Waals surface area contributed by atoms with Crippen molar-refractivity contribution in [3.8, 4) is 0 Å². The van der Waals surface area contributed by atoms with Crippen molar-refractivity contribution in [2.45, 2.75) is 222 Å². The maximum atomic E-state index is 15.4. The predicted octanol–water partition coefficient (Wildman–Crippen LogP) is 11.7. The molecule has 7 N–H and O–H groups in total. The number of nitrogens with one attached hydrogen (secondary N) is 7. The molecule has 4 saturated heterocycles. The number of Topliss-reactive ketones (excluding diaryl/α,β-unsaturated/α-hetero) is 1. The average Bonchev–Trinajstić information content (AvgIpc) is 1.12. The Hall–Kier alpha value is -8.80. The van der Waals surface area contributed by atoms with Crippen LogP contribution < -0.4 is 37.2 Å². The summed E-state index contributed by atoms with van der Waals surface area (Å²) in [6, 6.07) is 53.5.